The number of nitrogens with zero attached hydrogens (tertiary/aromatic N) is 1. The van der Waals surface area contributed by atoms with Crippen LogP contribution >= 0.6 is 0 Å². The highest BCUT2D eigenvalue weighted by Crippen LogP contribution is 2.24. The maximum atomic E-state index is 13.9. The summed E-state index contributed by atoms with van der Waals surface area (Å²) < 4.78 is 24.9. The molecule has 2 aromatic rings. The summed E-state index contributed by atoms with van der Waals surface area (Å²) in [5, 5.41) is 11.8. The van der Waals surface area contributed by atoms with Gasteiger partial charge in [0, 0.05) is 11.8 Å². The van der Waals surface area contributed by atoms with Crippen molar-refractivity contribution in [2.75, 3.05) is 11.9 Å². The van der Waals surface area contributed by atoms with Crippen LogP contribution in [0.25, 0.3) is 0 Å². The fraction of sp³-hybridized carbons (Fsp3) is 0.300. The van der Waals surface area contributed by atoms with E-state index in [1.165, 1.54) is 12.1 Å². The summed E-state index contributed by atoms with van der Waals surface area (Å²) in [6, 6.07) is 13.0. The molecular formula is C20H21FN2O3. The summed E-state index contributed by atoms with van der Waals surface area (Å²) in [7, 11) is 0. The van der Waals surface area contributed by atoms with Crippen molar-refractivity contribution in [3.05, 3.63) is 53.8 Å². The number of carbonyl (C=O) groups excluding carboxylic acids is 1. The highest BCUT2D eigenvalue weighted by atomic mass is 19.1. The van der Waals surface area contributed by atoms with Gasteiger partial charge < -0.3 is 14.8 Å². The zero-order valence-corrected chi connectivity index (χ0v) is 15.0. The summed E-state index contributed by atoms with van der Waals surface area (Å²) >= 11 is 0. The van der Waals surface area contributed by atoms with Gasteiger partial charge in [-0.2, -0.15) is 5.26 Å². The van der Waals surface area contributed by atoms with Crippen LogP contribution in [-0.4, -0.2) is 18.6 Å². The zero-order valence-electron chi connectivity index (χ0n) is 15.0. The minimum absolute atomic E-state index is 0.130. The van der Waals surface area contributed by atoms with Crippen LogP contribution in [0.2, 0.25) is 0 Å². The summed E-state index contributed by atoms with van der Waals surface area (Å²) in [5.74, 6) is -0.668. The van der Waals surface area contributed by atoms with E-state index in [1.807, 2.05) is 19.9 Å². The molecule has 0 radical (unpaired) electrons. The molecule has 0 aromatic heterocycles. The molecule has 1 unspecified atom stereocenters. The number of carbonyl (C=O) groups is 1. The first-order valence-electron chi connectivity index (χ1n) is 8.35. The van der Waals surface area contributed by atoms with Gasteiger partial charge in [0.1, 0.15) is 11.8 Å². The molecule has 136 valence electrons. The number of ether oxygens (including phenoxy) is 2. The second-order valence-corrected chi connectivity index (χ2v) is 5.96. The lowest BCUT2D eigenvalue weighted by Crippen LogP contribution is -2.37. The van der Waals surface area contributed by atoms with Crippen LogP contribution in [0.3, 0.4) is 0 Å². The van der Waals surface area contributed by atoms with E-state index < -0.39 is 17.8 Å². The van der Waals surface area contributed by atoms with Crippen LogP contribution in [0, 0.1) is 23.1 Å². The lowest BCUT2D eigenvalue weighted by atomic mass is 10.1. The van der Waals surface area contributed by atoms with Gasteiger partial charge in [-0.25, -0.2) is 4.39 Å². The summed E-state index contributed by atoms with van der Waals surface area (Å²) in [5.41, 5.74) is 0.650. The van der Waals surface area contributed by atoms with Crippen molar-refractivity contribution in [3.8, 4) is 17.6 Å². The zero-order chi connectivity index (χ0) is 19.1. The average molecular weight is 356 g/mol. The first-order chi connectivity index (χ1) is 12.5. The van der Waals surface area contributed by atoms with Gasteiger partial charge in [-0.1, -0.05) is 26.0 Å². The van der Waals surface area contributed by atoms with Gasteiger partial charge in [0.2, 0.25) is 0 Å². The van der Waals surface area contributed by atoms with Crippen LogP contribution in [0.15, 0.2) is 42.5 Å². The number of amides is 1. The van der Waals surface area contributed by atoms with Crippen LogP contribution in [0.5, 0.6) is 11.5 Å². The number of nitrogens with one attached hydrogen (secondary N) is 1. The molecule has 0 saturated heterocycles. The number of para-hydroxylation sites is 1. The van der Waals surface area contributed by atoms with E-state index in [0.717, 1.165) is 0 Å². The molecule has 26 heavy (non-hydrogen) atoms. The topological polar surface area (TPSA) is 71.3 Å². The van der Waals surface area contributed by atoms with Crippen molar-refractivity contribution >= 4 is 11.6 Å². The molecule has 0 fully saturated rings. The number of nitriles is 1. The second kappa shape index (κ2) is 8.86. The molecular weight excluding hydrogens is 335 g/mol. The van der Waals surface area contributed by atoms with Crippen molar-refractivity contribution in [2.24, 2.45) is 5.92 Å². The maximum Gasteiger partial charge on any atom is 0.265 e. The molecule has 0 heterocycles. The minimum Gasteiger partial charge on any atom is -0.491 e. The Kier molecular flexibility index (Phi) is 6.56. The maximum absolute atomic E-state index is 13.9. The Morgan fingerprint density at radius 2 is 1.96 bits per heavy atom. The molecule has 1 atom stereocenters. The van der Waals surface area contributed by atoms with Gasteiger partial charge in [-0.05, 0) is 37.1 Å². The van der Waals surface area contributed by atoms with E-state index >= 15 is 0 Å². The Hall–Kier alpha value is -3.07. The third-order valence-corrected chi connectivity index (χ3v) is 3.62. The third kappa shape index (κ3) is 4.73. The van der Waals surface area contributed by atoms with E-state index in [0.29, 0.717) is 23.6 Å². The van der Waals surface area contributed by atoms with E-state index in [1.54, 1.807) is 37.3 Å². The fourth-order valence-corrected chi connectivity index (χ4v) is 2.36. The molecule has 0 spiro atoms. The minimum atomic E-state index is -0.834. The Bertz CT molecular complexity index is 815. The predicted molar refractivity (Wildman–Crippen MR) is 96.6 cm³/mol. The normalized spacial score (nSPS) is 11.5. The SMILES string of the molecule is CCOc1ccc(NC(=O)C(Oc2ccccc2C#N)C(C)C)cc1F. The van der Waals surface area contributed by atoms with Crippen molar-refractivity contribution in [2.45, 2.75) is 26.9 Å². The van der Waals surface area contributed by atoms with E-state index in [4.69, 9.17) is 14.7 Å². The first kappa shape index (κ1) is 19.3. The monoisotopic (exact) mass is 356 g/mol. The second-order valence-electron chi connectivity index (χ2n) is 5.96. The van der Waals surface area contributed by atoms with Crippen LogP contribution in [0.4, 0.5) is 10.1 Å². The van der Waals surface area contributed by atoms with Gasteiger partial charge in [-0.3, -0.25) is 4.79 Å². The number of rotatable bonds is 7. The number of hydrogen-bond donors (Lipinski definition) is 1. The summed E-state index contributed by atoms with van der Waals surface area (Å²) in [6.45, 7) is 5.78. The largest absolute Gasteiger partial charge is 0.491 e. The van der Waals surface area contributed by atoms with E-state index in [2.05, 4.69) is 5.32 Å². The van der Waals surface area contributed by atoms with Crippen molar-refractivity contribution in [1.29, 1.82) is 5.26 Å². The standard InChI is InChI=1S/C20H21FN2O3/c1-4-25-18-10-9-15(11-16(18)21)23-20(24)19(13(2)3)26-17-8-6-5-7-14(17)12-22/h5-11,13,19H,4H2,1-3H3,(H,23,24). The third-order valence-electron chi connectivity index (χ3n) is 3.62. The molecule has 0 aliphatic carbocycles. The quantitative estimate of drug-likeness (QED) is 0.809. The van der Waals surface area contributed by atoms with Crippen LogP contribution in [-0.2, 0) is 4.79 Å². The molecule has 5 nitrogen and oxygen atoms in total. The molecule has 1 N–H and O–H groups in total. The van der Waals surface area contributed by atoms with Crippen molar-refractivity contribution < 1.29 is 18.7 Å². The summed E-state index contributed by atoms with van der Waals surface area (Å²) in [4.78, 5) is 12.6. The molecule has 0 saturated carbocycles. The predicted octanol–water partition coefficient (Wildman–Crippen LogP) is 4.14. The van der Waals surface area contributed by atoms with Crippen LogP contribution < -0.4 is 14.8 Å². The van der Waals surface area contributed by atoms with Crippen LogP contribution in [0.1, 0.15) is 26.3 Å². The van der Waals surface area contributed by atoms with E-state index in [9.17, 15) is 9.18 Å². The number of halogens is 1. The first-order valence-corrected chi connectivity index (χ1v) is 8.35. The Labute approximate surface area is 152 Å². The van der Waals surface area contributed by atoms with Crippen molar-refractivity contribution in [3.63, 3.8) is 0 Å². The Balaban J connectivity index is 2.16. The Morgan fingerprint density at radius 1 is 1.23 bits per heavy atom. The lowest BCUT2D eigenvalue weighted by molar-refractivity contribution is -0.124. The molecule has 0 aliphatic heterocycles. The average Bonchev–Trinajstić information content (AvgIpc) is 2.62. The van der Waals surface area contributed by atoms with Crippen molar-refractivity contribution in [1.82, 2.24) is 0 Å². The number of benzene rings is 2. The highest BCUT2D eigenvalue weighted by Gasteiger charge is 2.25. The molecule has 2 aromatic carbocycles. The van der Waals surface area contributed by atoms with Gasteiger partial charge in [-0.15, -0.1) is 0 Å². The van der Waals surface area contributed by atoms with Gasteiger partial charge >= 0.3 is 0 Å². The Morgan fingerprint density at radius 3 is 2.58 bits per heavy atom. The van der Waals surface area contributed by atoms with E-state index in [-0.39, 0.29) is 11.7 Å². The number of hydrogen-bond acceptors (Lipinski definition) is 4. The molecule has 6 heteroatoms. The molecule has 1 amide bonds. The van der Waals surface area contributed by atoms with Gasteiger partial charge in [0.05, 0.1) is 12.2 Å². The fourth-order valence-electron chi connectivity index (χ4n) is 2.36. The lowest BCUT2D eigenvalue weighted by Gasteiger charge is -2.22. The highest BCUT2D eigenvalue weighted by molar-refractivity contribution is 5.94. The van der Waals surface area contributed by atoms with Gasteiger partial charge in [0.15, 0.2) is 17.7 Å². The molecule has 2 rings (SSSR count). The molecule has 0 aliphatic rings. The smallest absolute Gasteiger partial charge is 0.265 e. The number of anilines is 1. The molecule has 0 bridgehead atoms. The van der Waals surface area contributed by atoms with Gasteiger partial charge in [0.25, 0.3) is 5.91 Å². The summed E-state index contributed by atoms with van der Waals surface area (Å²) in [6.07, 6.45) is -0.834.